The van der Waals surface area contributed by atoms with E-state index in [1.54, 1.807) is 19.2 Å². The van der Waals surface area contributed by atoms with Crippen molar-refractivity contribution in [1.82, 2.24) is 4.98 Å². The van der Waals surface area contributed by atoms with Gasteiger partial charge in [0.05, 0.1) is 12.8 Å². The fourth-order valence-electron chi connectivity index (χ4n) is 2.51. The molecule has 0 bridgehead atoms. The predicted molar refractivity (Wildman–Crippen MR) is 96.4 cm³/mol. The Balaban J connectivity index is 1.78. The number of ether oxygens (including phenoxy) is 1. The molecule has 3 aromatic rings. The summed E-state index contributed by atoms with van der Waals surface area (Å²) in [7, 11) is 3.69. The third-order valence-electron chi connectivity index (χ3n) is 3.87. The van der Waals surface area contributed by atoms with Crippen LogP contribution in [0.2, 0.25) is 0 Å². The van der Waals surface area contributed by atoms with Gasteiger partial charge in [0.15, 0.2) is 0 Å². The highest BCUT2D eigenvalue weighted by Crippen LogP contribution is 2.23. The number of hydrogen-bond donors (Lipinski definition) is 1. The summed E-state index contributed by atoms with van der Waals surface area (Å²) in [6.45, 7) is 0.760. The van der Waals surface area contributed by atoms with E-state index in [1.807, 2.05) is 49.5 Å². The monoisotopic (exact) mass is 320 g/mol. The van der Waals surface area contributed by atoms with Crippen LogP contribution in [0.25, 0.3) is 11.3 Å². The average Bonchev–Trinajstić information content (AvgIpc) is 2.63. The molecule has 0 spiro atoms. The number of aromatic hydroxyl groups is 1. The standard InChI is InChI=1S/C20H20N2O2/c1-22(14-15-6-12-18(24-2)13-7-15)20-5-3-4-19(21-20)16-8-10-17(23)11-9-16/h3-13,23H,14H2,1-2H3. The number of rotatable bonds is 5. The number of aromatic nitrogens is 1. The largest absolute Gasteiger partial charge is 0.508 e. The van der Waals surface area contributed by atoms with Crippen molar-refractivity contribution < 1.29 is 9.84 Å². The molecule has 122 valence electrons. The maximum absolute atomic E-state index is 9.41. The minimum absolute atomic E-state index is 0.256. The molecule has 3 rings (SSSR count). The summed E-state index contributed by atoms with van der Waals surface area (Å²) >= 11 is 0. The van der Waals surface area contributed by atoms with Crippen LogP contribution < -0.4 is 9.64 Å². The highest BCUT2D eigenvalue weighted by Gasteiger charge is 2.06. The molecule has 0 unspecified atom stereocenters. The van der Waals surface area contributed by atoms with Gasteiger partial charge in [0, 0.05) is 19.2 Å². The summed E-state index contributed by atoms with van der Waals surface area (Å²) in [6, 6.07) is 21.1. The summed E-state index contributed by atoms with van der Waals surface area (Å²) in [4.78, 5) is 6.82. The number of anilines is 1. The minimum Gasteiger partial charge on any atom is -0.508 e. The van der Waals surface area contributed by atoms with E-state index >= 15 is 0 Å². The predicted octanol–water partition coefficient (Wildman–Crippen LogP) is 4.10. The van der Waals surface area contributed by atoms with Gasteiger partial charge in [-0.3, -0.25) is 0 Å². The SMILES string of the molecule is COc1ccc(CN(C)c2cccc(-c3ccc(O)cc3)n2)cc1. The zero-order valence-corrected chi connectivity index (χ0v) is 13.8. The van der Waals surface area contributed by atoms with Gasteiger partial charge in [-0.2, -0.15) is 0 Å². The summed E-state index contributed by atoms with van der Waals surface area (Å²) in [5, 5.41) is 9.41. The molecule has 0 aliphatic rings. The van der Waals surface area contributed by atoms with Crippen molar-refractivity contribution in [3.63, 3.8) is 0 Å². The van der Waals surface area contributed by atoms with Crippen LogP contribution in [0.1, 0.15) is 5.56 Å². The van der Waals surface area contributed by atoms with E-state index in [9.17, 15) is 5.11 Å². The number of hydrogen-bond acceptors (Lipinski definition) is 4. The second kappa shape index (κ2) is 7.04. The van der Waals surface area contributed by atoms with Gasteiger partial charge in [-0.05, 0) is 54.1 Å². The van der Waals surface area contributed by atoms with Gasteiger partial charge in [-0.15, -0.1) is 0 Å². The van der Waals surface area contributed by atoms with Crippen LogP contribution in [0.15, 0.2) is 66.7 Å². The summed E-state index contributed by atoms with van der Waals surface area (Å²) < 4.78 is 5.19. The van der Waals surface area contributed by atoms with E-state index in [2.05, 4.69) is 17.0 Å². The molecular weight excluding hydrogens is 300 g/mol. The Morgan fingerprint density at radius 3 is 2.33 bits per heavy atom. The van der Waals surface area contributed by atoms with Gasteiger partial charge in [0.25, 0.3) is 0 Å². The van der Waals surface area contributed by atoms with Crippen LogP contribution in [-0.4, -0.2) is 24.2 Å². The second-order valence-corrected chi connectivity index (χ2v) is 5.63. The fourth-order valence-corrected chi connectivity index (χ4v) is 2.51. The zero-order chi connectivity index (χ0) is 16.9. The van der Waals surface area contributed by atoms with E-state index in [4.69, 9.17) is 9.72 Å². The quantitative estimate of drug-likeness (QED) is 0.769. The van der Waals surface area contributed by atoms with Crippen molar-refractivity contribution in [2.24, 2.45) is 0 Å². The molecule has 1 N–H and O–H groups in total. The number of benzene rings is 2. The molecule has 1 heterocycles. The number of pyridine rings is 1. The number of phenolic OH excluding ortho intramolecular Hbond substituents is 1. The molecule has 24 heavy (non-hydrogen) atoms. The van der Waals surface area contributed by atoms with Gasteiger partial charge in [0.1, 0.15) is 17.3 Å². The normalized spacial score (nSPS) is 10.4. The van der Waals surface area contributed by atoms with Crippen LogP contribution >= 0.6 is 0 Å². The first-order chi connectivity index (χ1) is 11.7. The molecule has 4 nitrogen and oxygen atoms in total. The highest BCUT2D eigenvalue weighted by molar-refractivity contribution is 5.62. The van der Waals surface area contributed by atoms with Crippen molar-refractivity contribution in [3.05, 3.63) is 72.3 Å². The molecule has 0 amide bonds. The molecule has 0 saturated carbocycles. The van der Waals surface area contributed by atoms with Crippen molar-refractivity contribution >= 4 is 5.82 Å². The molecule has 0 aliphatic heterocycles. The van der Waals surface area contributed by atoms with Crippen molar-refractivity contribution in [2.45, 2.75) is 6.54 Å². The van der Waals surface area contributed by atoms with Crippen LogP contribution in [-0.2, 0) is 6.54 Å². The lowest BCUT2D eigenvalue weighted by atomic mass is 10.1. The molecule has 2 aromatic carbocycles. The van der Waals surface area contributed by atoms with Crippen LogP contribution in [0.5, 0.6) is 11.5 Å². The summed E-state index contributed by atoms with van der Waals surface area (Å²) in [5.41, 5.74) is 3.05. The van der Waals surface area contributed by atoms with E-state index in [0.29, 0.717) is 0 Å². The van der Waals surface area contributed by atoms with Crippen LogP contribution in [0.4, 0.5) is 5.82 Å². The summed E-state index contributed by atoms with van der Waals surface area (Å²) in [5.74, 6) is 2.01. The average molecular weight is 320 g/mol. The molecule has 0 aliphatic carbocycles. The third-order valence-corrected chi connectivity index (χ3v) is 3.87. The molecule has 0 atom stereocenters. The van der Waals surface area contributed by atoms with Gasteiger partial charge < -0.3 is 14.7 Å². The first kappa shape index (κ1) is 15.9. The van der Waals surface area contributed by atoms with Crippen molar-refractivity contribution in [2.75, 3.05) is 19.1 Å². The molecule has 0 radical (unpaired) electrons. The van der Waals surface area contributed by atoms with E-state index in [0.717, 1.165) is 29.4 Å². The van der Waals surface area contributed by atoms with E-state index in [-0.39, 0.29) is 5.75 Å². The topological polar surface area (TPSA) is 45.6 Å². The highest BCUT2D eigenvalue weighted by atomic mass is 16.5. The third kappa shape index (κ3) is 3.66. The number of phenols is 1. The van der Waals surface area contributed by atoms with E-state index in [1.165, 1.54) is 5.56 Å². The lowest BCUT2D eigenvalue weighted by Crippen LogP contribution is -2.17. The minimum atomic E-state index is 0.256. The van der Waals surface area contributed by atoms with Gasteiger partial charge >= 0.3 is 0 Å². The van der Waals surface area contributed by atoms with E-state index < -0.39 is 0 Å². The lowest BCUT2D eigenvalue weighted by Gasteiger charge is -2.19. The smallest absolute Gasteiger partial charge is 0.129 e. The fraction of sp³-hybridized carbons (Fsp3) is 0.150. The molecule has 4 heteroatoms. The zero-order valence-electron chi connectivity index (χ0n) is 13.8. The molecule has 1 aromatic heterocycles. The Kier molecular flexibility index (Phi) is 4.66. The van der Waals surface area contributed by atoms with Crippen molar-refractivity contribution in [3.8, 4) is 22.8 Å². The summed E-state index contributed by atoms with van der Waals surface area (Å²) in [6.07, 6.45) is 0. The first-order valence-electron chi connectivity index (χ1n) is 7.76. The van der Waals surface area contributed by atoms with Gasteiger partial charge in [-0.1, -0.05) is 18.2 Å². The lowest BCUT2D eigenvalue weighted by molar-refractivity contribution is 0.414. The maximum Gasteiger partial charge on any atom is 0.129 e. The number of methoxy groups -OCH3 is 1. The first-order valence-corrected chi connectivity index (χ1v) is 7.76. The molecular formula is C20H20N2O2. The van der Waals surface area contributed by atoms with Gasteiger partial charge in [0.2, 0.25) is 0 Å². The Morgan fingerprint density at radius 1 is 0.958 bits per heavy atom. The molecule has 0 saturated heterocycles. The van der Waals surface area contributed by atoms with Gasteiger partial charge in [-0.25, -0.2) is 4.98 Å². The Morgan fingerprint density at radius 2 is 1.67 bits per heavy atom. The van der Waals surface area contributed by atoms with Crippen LogP contribution in [0, 0.1) is 0 Å². The Hall–Kier alpha value is -3.01. The molecule has 0 fully saturated rings. The Bertz CT molecular complexity index is 799. The van der Waals surface area contributed by atoms with Crippen molar-refractivity contribution in [1.29, 1.82) is 0 Å². The maximum atomic E-state index is 9.41. The second-order valence-electron chi connectivity index (χ2n) is 5.63. The Labute approximate surface area is 142 Å². The van der Waals surface area contributed by atoms with Crippen LogP contribution in [0.3, 0.4) is 0 Å². The number of nitrogens with zero attached hydrogens (tertiary/aromatic N) is 2.